The van der Waals surface area contributed by atoms with Gasteiger partial charge in [0.25, 0.3) is 5.91 Å². The van der Waals surface area contributed by atoms with Crippen molar-refractivity contribution in [2.45, 2.75) is 18.4 Å². The van der Waals surface area contributed by atoms with Crippen molar-refractivity contribution in [2.24, 2.45) is 10.2 Å². The summed E-state index contributed by atoms with van der Waals surface area (Å²) in [6, 6.07) is 4.68. The lowest BCUT2D eigenvalue weighted by atomic mass is 9.92. The van der Waals surface area contributed by atoms with E-state index in [2.05, 4.69) is 15.2 Å². The summed E-state index contributed by atoms with van der Waals surface area (Å²) in [5.41, 5.74) is -1.59. The average molecular weight is 412 g/mol. The number of carbonyl (C=O) groups excluding carboxylic acids is 1. The van der Waals surface area contributed by atoms with Crippen molar-refractivity contribution < 1.29 is 31.1 Å². The zero-order valence-electron chi connectivity index (χ0n) is 14.3. The molecule has 2 aliphatic heterocycles. The maximum Gasteiger partial charge on any atom is 0.417 e. The first-order valence-corrected chi connectivity index (χ1v) is 8.21. The van der Waals surface area contributed by atoms with Crippen LogP contribution in [0.2, 0.25) is 0 Å². The Morgan fingerprint density at radius 2 is 1.79 bits per heavy atom. The third-order valence-corrected chi connectivity index (χ3v) is 4.51. The third kappa shape index (κ3) is 3.36. The number of rotatable bonds is 2. The molecule has 0 spiro atoms. The minimum Gasteiger partial charge on any atom is -0.299 e. The van der Waals surface area contributed by atoms with Crippen LogP contribution in [0.15, 0.2) is 58.5 Å². The number of benzene rings is 1. The van der Waals surface area contributed by atoms with Crippen molar-refractivity contribution in [3.8, 4) is 11.3 Å². The number of hydrogen-bond donors (Lipinski definition) is 0. The molecule has 1 atom stereocenters. The minimum atomic E-state index is -4.72. The van der Waals surface area contributed by atoms with Gasteiger partial charge in [0.2, 0.25) is 0 Å². The first kappa shape index (κ1) is 19.1. The highest BCUT2D eigenvalue weighted by Crippen LogP contribution is 2.45. The van der Waals surface area contributed by atoms with Crippen molar-refractivity contribution in [3.63, 3.8) is 0 Å². The molecule has 0 fully saturated rings. The van der Waals surface area contributed by atoms with Crippen molar-refractivity contribution in [1.29, 1.82) is 0 Å². The number of halogens is 6. The standard InChI is InChI=1S/C18H10F6N4O/c19-17(20,21)8-28-14-5-13(9-3-1-2-4-12(9)18(22,23)24)25-6-10(14)15-11(16(28)29)7-26-27-15/h1-7,15H,8H2. The highest BCUT2D eigenvalue weighted by molar-refractivity contribution is 6.10. The Hall–Kier alpha value is -3.24. The van der Waals surface area contributed by atoms with Crippen LogP contribution in [0.1, 0.15) is 17.2 Å². The number of amides is 1. The number of nitrogens with zero attached hydrogens (tertiary/aromatic N) is 4. The molecule has 1 unspecified atom stereocenters. The number of carbonyl (C=O) groups is 1. The highest BCUT2D eigenvalue weighted by Gasteiger charge is 2.43. The monoisotopic (exact) mass is 412 g/mol. The van der Waals surface area contributed by atoms with E-state index >= 15 is 0 Å². The molecule has 5 nitrogen and oxygen atoms in total. The van der Waals surface area contributed by atoms with E-state index in [-0.39, 0.29) is 28.1 Å². The fourth-order valence-corrected chi connectivity index (χ4v) is 3.30. The predicted octanol–water partition coefficient (Wildman–Crippen LogP) is 5.07. The number of aromatic nitrogens is 1. The van der Waals surface area contributed by atoms with Gasteiger partial charge in [-0.1, -0.05) is 18.2 Å². The average Bonchev–Trinajstić information content (AvgIpc) is 3.13. The Bertz CT molecular complexity index is 1060. The summed E-state index contributed by atoms with van der Waals surface area (Å²) in [4.78, 5) is 17.0. The molecule has 0 saturated carbocycles. The minimum absolute atomic E-state index is 0.0491. The Morgan fingerprint density at radius 3 is 2.48 bits per heavy atom. The number of alkyl halides is 6. The summed E-state index contributed by atoms with van der Waals surface area (Å²) < 4.78 is 79.2. The fraction of sp³-hybridized carbons (Fsp3) is 0.222. The van der Waals surface area contributed by atoms with Crippen molar-refractivity contribution >= 4 is 11.6 Å². The third-order valence-electron chi connectivity index (χ3n) is 4.51. The van der Waals surface area contributed by atoms with Gasteiger partial charge in [-0.25, -0.2) is 0 Å². The van der Waals surface area contributed by atoms with E-state index in [0.29, 0.717) is 4.90 Å². The lowest BCUT2D eigenvalue weighted by molar-refractivity contribution is -0.137. The van der Waals surface area contributed by atoms with Crippen LogP contribution in [-0.4, -0.2) is 23.6 Å². The van der Waals surface area contributed by atoms with Gasteiger partial charge in [0.15, 0.2) is 0 Å². The van der Waals surface area contributed by atoms with Crippen LogP contribution in [0.25, 0.3) is 11.3 Å². The molecule has 0 bridgehead atoms. The SMILES string of the molecule is O=C1C2=CN=NC2c2cnc(-c3ccccc3C(F)(F)F)cc2N1CC(F)(F)F. The van der Waals surface area contributed by atoms with Gasteiger partial charge >= 0.3 is 12.4 Å². The van der Waals surface area contributed by atoms with Gasteiger partial charge in [0.1, 0.15) is 12.6 Å². The summed E-state index contributed by atoms with van der Waals surface area (Å²) in [6.07, 6.45) is -7.20. The molecule has 11 heteroatoms. The van der Waals surface area contributed by atoms with Gasteiger partial charge in [-0.3, -0.25) is 14.7 Å². The van der Waals surface area contributed by atoms with Gasteiger partial charge in [-0.15, -0.1) is 0 Å². The molecule has 2 aliphatic rings. The van der Waals surface area contributed by atoms with Gasteiger partial charge in [0.05, 0.1) is 28.7 Å². The first-order valence-electron chi connectivity index (χ1n) is 8.21. The number of anilines is 1. The molecule has 2 aromatic rings. The molecule has 0 radical (unpaired) electrons. The molecule has 1 aromatic carbocycles. The van der Waals surface area contributed by atoms with E-state index in [1.165, 1.54) is 12.1 Å². The first-order chi connectivity index (χ1) is 13.6. The van der Waals surface area contributed by atoms with Gasteiger partial charge in [-0.2, -0.15) is 36.6 Å². The molecular formula is C18H10F6N4O. The molecular weight excluding hydrogens is 402 g/mol. The van der Waals surface area contributed by atoms with Crippen LogP contribution in [0.4, 0.5) is 32.0 Å². The van der Waals surface area contributed by atoms with Crippen molar-refractivity contribution in [3.05, 3.63) is 59.4 Å². The lowest BCUT2D eigenvalue weighted by Crippen LogP contribution is -2.43. The van der Waals surface area contributed by atoms with E-state index in [1.54, 1.807) is 0 Å². The molecule has 0 aliphatic carbocycles. The topological polar surface area (TPSA) is 57.9 Å². The van der Waals surface area contributed by atoms with Gasteiger partial charge in [0, 0.05) is 17.3 Å². The Labute approximate surface area is 159 Å². The van der Waals surface area contributed by atoms with E-state index in [4.69, 9.17) is 0 Å². The smallest absolute Gasteiger partial charge is 0.299 e. The van der Waals surface area contributed by atoms with Crippen LogP contribution < -0.4 is 4.90 Å². The molecule has 1 amide bonds. The predicted molar refractivity (Wildman–Crippen MR) is 88.8 cm³/mol. The normalized spacial score (nSPS) is 18.6. The number of hydrogen-bond acceptors (Lipinski definition) is 4. The lowest BCUT2D eigenvalue weighted by Gasteiger charge is -2.33. The van der Waals surface area contributed by atoms with E-state index in [9.17, 15) is 31.1 Å². The van der Waals surface area contributed by atoms with Gasteiger partial charge < -0.3 is 0 Å². The number of azo groups is 1. The summed E-state index contributed by atoms with van der Waals surface area (Å²) in [5.74, 6) is -0.953. The van der Waals surface area contributed by atoms with Gasteiger partial charge in [-0.05, 0) is 12.1 Å². The zero-order valence-corrected chi connectivity index (χ0v) is 14.3. The molecule has 29 heavy (non-hydrogen) atoms. The van der Waals surface area contributed by atoms with Crippen LogP contribution >= 0.6 is 0 Å². The molecule has 0 N–H and O–H groups in total. The summed E-state index contributed by atoms with van der Waals surface area (Å²) in [6.45, 7) is -1.60. The Kier molecular flexibility index (Phi) is 4.21. The second-order valence-electron chi connectivity index (χ2n) is 6.40. The van der Waals surface area contributed by atoms with Crippen molar-refractivity contribution in [1.82, 2.24) is 4.98 Å². The number of fused-ring (bicyclic) bond motifs is 3. The quantitative estimate of drug-likeness (QED) is 0.647. The van der Waals surface area contributed by atoms with E-state index in [1.807, 2.05) is 0 Å². The maximum absolute atomic E-state index is 13.3. The van der Waals surface area contributed by atoms with Crippen LogP contribution in [-0.2, 0) is 11.0 Å². The maximum atomic E-state index is 13.3. The largest absolute Gasteiger partial charge is 0.417 e. The van der Waals surface area contributed by atoms with Crippen LogP contribution in [0.5, 0.6) is 0 Å². The molecule has 1 aromatic heterocycles. The summed E-state index contributed by atoms with van der Waals surface area (Å²) >= 11 is 0. The zero-order chi connectivity index (χ0) is 21.0. The Morgan fingerprint density at radius 1 is 1.07 bits per heavy atom. The van der Waals surface area contributed by atoms with Crippen molar-refractivity contribution in [2.75, 3.05) is 11.4 Å². The van der Waals surface area contributed by atoms with E-state index in [0.717, 1.165) is 30.6 Å². The summed E-state index contributed by atoms with van der Waals surface area (Å²) in [7, 11) is 0. The molecule has 3 heterocycles. The van der Waals surface area contributed by atoms with Crippen LogP contribution in [0, 0.1) is 0 Å². The van der Waals surface area contributed by atoms with Crippen LogP contribution in [0.3, 0.4) is 0 Å². The molecule has 4 rings (SSSR count). The molecule has 0 saturated heterocycles. The second-order valence-corrected chi connectivity index (χ2v) is 6.40. The second kappa shape index (κ2) is 6.39. The number of pyridine rings is 1. The Balaban J connectivity index is 1.89. The highest BCUT2D eigenvalue weighted by atomic mass is 19.4. The fourth-order valence-electron chi connectivity index (χ4n) is 3.30. The van der Waals surface area contributed by atoms with E-state index < -0.39 is 36.4 Å². The summed E-state index contributed by atoms with van der Waals surface area (Å²) in [5, 5.41) is 7.42. The molecule has 150 valence electrons.